The van der Waals surface area contributed by atoms with Crippen molar-refractivity contribution in [3.05, 3.63) is 0 Å². The van der Waals surface area contributed by atoms with Gasteiger partial charge in [0.15, 0.2) is 0 Å². The molecular formula is C14H26N2O4. The lowest BCUT2D eigenvalue weighted by Crippen LogP contribution is -2.55. The van der Waals surface area contributed by atoms with E-state index in [-0.39, 0.29) is 24.5 Å². The van der Waals surface area contributed by atoms with Crippen molar-refractivity contribution in [3.8, 4) is 0 Å². The number of rotatable bonds is 4. The molecule has 6 heteroatoms. The molecule has 0 aromatic rings. The van der Waals surface area contributed by atoms with Gasteiger partial charge in [-0.15, -0.1) is 0 Å². The Kier molecular flexibility index (Phi) is 6.26. The number of hydrogen-bond acceptors (Lipinski definition) is 5. The summed E-state index contributed by atoms with van der Waals surface area (Å²) >= 11 is 0. The van der Waals surface area contributed by atoms with E-state index < -0.39 is 11.7 Å². The third-order valence-electron chi connectivity index (χ3n) is 2.98. The second-order valence-corrected chi connectivity index (χ2v) is 5.96. The van der Waals surface area contributed by atoms with Crippen molar-refractivity contribution in [2.24, 2.45) is 0 Å². The van der Waals surface area contributed by atoms with Gasteiger partial charge in [0.25, 0.3) is 0 Å². The predicted octanol–water partition coefficient (Wildman–Crippen LogP) is 1.58. The lowest BCUT2D eigenvalue weighted by Gasteiger charge is -2.33. The molecule has 0 aromatic carbocycles. The SMILES string of the molecule is CCOC(=O)C[C@@H]1NCCC[C@H]1NC(=O)OC(C)(C)C. The van der Waals surface area contributed by atoms with E-state index >= 15 is 0 Å². The molecule has 1 amide bonds. The normalized spacial score (nSPS) is 23.0. The molecule has 1 fully saturated rings. The van der Waals surface area contributed by atoms with Crippen LogP contribution < -0.4 is 10.6 Å². The maximum absolute atomic E-state index is 11.8. The molecule has 2 N–H and O–H groups in total. The van der Waals surface area contributed by atoms with Crippen molar-refractivity contribution in [1.82, 2.24) is 10.6 Å². The summed E-state index contributed by atoms with van der Waals surface area (Å²) in [4.78, 5) is 23.4. The number of amides is 1. The summed E-state index contributed by atoms with van der Waals surface area (Å²) in [5.41, 5.74) is -0.525. The van der Waals surface area contributed by atoms with Gasteiger partial charge in [0.1, 0.15) is 5.60 Å². The number of hydrogen-bond donors (Lipinski definition) is 2. The first-order chi connectivity index (χ1) is 9.31. The zero-order valence-electron chi connectivity index (χ0n) is 12.8. The van der Waals surface area contributed by atoms with Gasteiger partial charge in [-0.3, -0.25) is 4.79 Å². The molecule has 1 aliphatic rings. The Morgan fingerprint density at radius 3 is 2.65 bits per heavy atom. The Bertz CT molecular complexity index is 339. The fraction of sp³-hybridized carbons (Fsp3) is 0.857. The van der Waals surface area contributed by atoms with Gasteiger partial charge < -0.3 is 20.1 Å². The van der Waals surface area contributed by atoms with Gasteiger partial charge in [-0.2, -0.15) is 0 Å². The molecule has 0 unspecified atom stereocenters. The second kappa shape index (κ2) is 7.47. The van der Waals surface area contributed by atoms with E-state index in [0.717, 1.165) is 19.4 Å². The third-order valence-corrected chi connectivity index (χ3v) is 2.98. The number of ether oxygens (including phenoxy) is 2. The minimum absolute atomic E-state index is 0.102. The van der Waals surface area contributed by atoms with Crippen molar-refractivity contribution in [3.63, 3.8) is 0 Å². The summed E-state index contributed by atoms with van der Waals surface area (Å²) in [6, 6.07) is -0.210. The van der Waals surface area contributed by atoms with Crippen LogP contribution in [0.3, 0.4) is 0 Å². The fourth-order valence-corrected chi connectivity index (χ4v) is 2.20. The zero-order chi connectivity index (χ0) is 15.2. The quantitative estimate of drug-likeness (QED) is 0.767. The number of esters is 1. The fourth-order valence-electron chi connectivity index (χ4n) is 2.20. The zero-order valence-corrected chi connectivity index (χ0v) is 12.8. The van der Waals surface area contributed by atoms with E-state index in [4.69, 9.17) is 9.47 Å². The molecule has 0 saturated carbocycles. The van der Waals surface area contributed by atoms with Gasteiger partial charge in [0.2, 0.25) is 0 Å². The van der Waals surface area contributed by atoms with Crippen LogP contribution in [0.1, 0.15) is 47.0 Å². The van der Waals surface area contributed by atoms with Gasteiger partial charge in [-0.25, -0.2) is 4.79 Å². The van der Waals surface area contributed by atoms with Crippen LogP contribution >= 0.6 is 0 Å². The van der Waals surface area contributed by atoms with E-state index in [9.17, 15) is 9.59 Å². The van der Waals surface area contributed by atoms with Crippen molar-refractivity contribution in [2.45, 2.75) is 64.6 Å². The molecule has 0 spiro atoms. The molecule has 0 aliphatic carbocycles. The first kappa shape index (κ1) is 16.8. The van der Waals surface area contributed by atoms with Crippen molar-refractivity contribution in [2.75, 3.05) is 13.2 Å². The number of carbonyl (C=O) groups is 2. The molecule has 1 aliphatic heterocycles. The molecule has 0 radical (unpaired) electrons. The van der Waals surface area contributed by atoms with Crippen LogP contribution in [0.5, 0.6) is 0 Å². The van der Waals surface area contributed by atoms with Crippen LogP contribution in [0, 0.1) is 0 Å². The Balaban J connectivity index is 2.51. The number of alkyl carbamates (subject to hydrolysis) is 1. The van der Waals surface area contributed by atoms with Gasteiger partial charge >= 0.3 is 12.1 Å². The first-order valence-corrected chi connectivity index (χ1v) is 7.20. The molecular weight excluding hydrogens is 260 g/mol. The molecule has 1 heterocycles. The van der Waals surface area contributed by atoms with E-state index in [1.54, 1.807) is 6.92 Å². The molecule has 2 atom stereocenters. The van der Waals surface area contributed by atoms with Crippen molar-refractivity contribution in [1.29, 1.82) is 0 Å². The highest BCUT2D eigenvalue weighted by molar-refractivity contribution is 5.71. The predicted molar refractivity (Wildman–Crippen MR) is 75.4 cm³/mol. The van der Waals surface area contributed by atoms with Gasteiger partial charge in [0, 0.05) is 12.1 Å². The first-order valence-electron chi connectivity index (χ1n) is 7.20. The summed E-state index contributed by atoms with van der Waals surface area (Å²) in [5.74, 6) is -0.247. The van der Waals surface area contributed by atoms with Gasteiger partial charge in [-0.1, -0.05) is 0 Å². The standard InChI is InChI=1S/C14H26N2O4/c1-5-19-12(17)9-11-10(7-6-8-15-11)16-13(18)20-14(2,3)4/h10-11,15H,5-9H2,1-4H3,(H,16,18)/t10-,11+/m1/s1. The smallest absolute Gasteiger partial charge is 0.407 e. The van der Waals surface area contributed by atoms with Crippen LogP contribution in [0.2, 0.25) is 0 Å². The molecule has 0 aromatic heterocycles. The van der Waals surface area contributed by atoms with E-state index in [2.05, 4.69) is 10.6 Å². The highest BCUT2D eigenvalue weighted by atomic mass is 16.6. The summed E-state index contributed by atoms with van der Waals surface area (Å²) in [5, 5.41) is 6.10. The van der Waals surface area contributed by atoms with Crippen LogP contribution in [0.4, 0.5) is 4.79 Å². The largest absolute Gasteiger partial charge is 0.466 e. The summed E-state index contributed by atoms with van der Waals surface area (Å²) < 4.78 is 10.2. The Morgan fingerprint density at radius 2 is 2.05 bits per heavy atom. The van der Waals surface area contributed by atoms with Gasteiger partial charge in [0.05, 0.1) is 13.0 Å². The lowest BCUT2D eigenvalue weighted by molar-refractivity contribution is -0.144. The van der Waals surface area contributed by atoms with Crippen LogP contribution in [-0.2, 0) is 14.3 Å². The average molecular weight is 286 g/mol. The summed E-state index contributed by atoms with van der Waals surface area (Å²) in [6.45, 7) is 8.46. The van der Waals surface area contributed by atoms with Gasteiger partial charge in [-0.05, 0) is 47.1 Å². The lowest BCUT2D eigenvalue weighted by atomic mass is 9.96. The van der Waals surface area contributed by atoms with E-state index in [1.807, 2.05) is 20.8 Å². The Morgan fingerprint density at radius 1 is 1.35 bits per heavy atom. The molecule has 1 rings (SSSR count). The van der Waals surface area contributed by atoms with Crippen molar-refractivity contribution >= 4 is 12.1 Å². The number of nitrogens with one attached hydrogen (secondary N) is 2. The summed E-state index contributed by atoms with van der Waals surface area (Å²) in [6.07, 6.45) is 1.60. The molecule has 116 valence electrons. The summed E-state index contributed by atoms with van der Waals surface area (Å²) in [7, 11) is 0. The highest BCUT2D eigenvalue weighted by Crippen LogP contribution is 2.14. The molecule has 6 nitrogen and oxygen atoms in total. The second-order valence-electron chi connectivity index (χ2n) is 5.96. The average Bonchev–Trinajstić information content (AvgIpc) is 2.29. The molecule has 0 bridgehead atoms. The minimum atomic E-state index is -0.525. The monoisotopic (exact) mass is 286 g/mol. The third kappa shape index (κ3) is 6.23. The van der Waals surface area contributed by atoms with Crippen LogP contribution in [-0.4, -0.2) is 42.9 Å². The number of carbonyl (C=O) groups excluding carboxylic acids is 2. The van der Waals surface area contributed by atoms with E-state index in [0.29, 0.717) is 6.61 Å². The Labute approximate surface area is 120 Å². The van der Waals surface area contributed by atoms with Crippen LogP contribution in [0.25, 0.3) is 0 Å². The Hall–Kier alpha value is -1.30. The number of piperidine rings is 1. The topological polar surface area (TPSA) is 76.7 Å². The van der Waals surface area contributed by atoms with Crippen LogP contribution in [0.15, 0.2) is 0 Å². The minimum Gasteiger partial charge on any atom is -0.466 e. The maximum atomic E-state index is 11.8. The molecule has 20 heavy (non-hydrogen) atoms. The van der Waals surface area contributed by atoms with E-state index in [1.165, 1.54) is 0 Å². The van der Waals surface area contributed by atoms with Crippen molar-refractivity contribution < 1.29 is 19.1 Å². The maximum Gasteiger partial charge on any atom is 0.407 e. The molecule has 1 saturated heterocycles. The highest BCUT2D eigenvalue weighted by Gasteiger charge is 2.29.